The average Bonchev–Trinajstić information content (AvgIpc) is 2.94. The van der Waals surface area contributed by atoms with E-state index in [1.54, 1.807) is 18.5 Å². The summed E-state index contributed by atoms with van der Waals surface area (Å²) in [5.74, 6) is 0.658. The lowest BCUT2D eigenvalue weighted by Gasteiger charge is -2.18. The minimum absolute atomic E-state index is 0.564. The van der Waals surface area contributed by atoms with Gasteiger partial charge in [0, 0.05) is 7.05 Å². The van der Waals surface area contributed by atoms with Gasteiger partial charge in [-0.3, -0.25) is 4.84 Å². The van der Waals surface area contributed by atoms with Crippen molar-refractivity contribution in [1.82, 2.24) is 19.5 Å². The third-order valence-electron chi connectivity index (χ3n) is 3.32. The fraction of sp³-hybridized carbons (Fsp3) is 0.188. The fourth-order valence-corrected chi connectivity index (χ4v) is 2.21. The molecule has 0 unspecified atom stereocenters. The fourth-order valence-electron chi connectivity index (χ4n) is 2.21. The molecule has 0 spiro atoms. The first-order chi connectivity index (χ1) is 10.8. The van der Waals surface area contributed by atoms with Crippen molar-refractivity contribution in [2.45, 2.75) is 0 Å². The van der Waals surface area contributed by atoms with Gasteiger partial charge in [0.2, 0.25) is 0 Å². The highest BCUT2D eigenvalue weighted by molar-refractivity contribution is 5.82. The van der Waals surface area contributed by atoms with E-state index in [0.717, 1.165) is 16.7 Å². The van der Waals surface area contributed by atoms with E-state index in [0.29, 0.717) is 12.4 Å². The van der Waals surface area contributed by atoms with E-state index < -0.39 is 0 Å². The molecule has 6 heteroatoms. The van der Waals surface area contributed by atoms with Crippen LogP contribution in [0.2, 0.25) is 0 Å². The summed E-state index contributed by atoms with van der Waals surface area (Å²) in [5, 5.41) is 1.69. The minimum Gasteiger partial charge on any atom is -0.318 e. The van der Waals surface area contributed by atoms with Crippen LogP contribution in [0, 0.1) is 0 Å². The zero-order chi connectivity index (χ0) is 15.4. The Morgan fingerprint density at radius 2 is 2.00 bits per heavy atom. The maximum absolute atomic E-state index is 5.43. The Balaban J connectivity index is 1.83. The summed E-state index contributed by atoms with van der Waals surface area (Å²) in [5.41, 5.74) is 2.64. The highest BCUT2D eigenvalue weighted by Gasteiger charge is 2.14. The molecule has 22 heavy (non-hydrogen) atoms. The van der Waals surface area contributed by atoms with Crippen molar-refractivity contribution in [3.05, 3.63) is 54.6 Å². The van der Waals surface area contributed by atoms with Gasteiger partial charge in [-0.1, -0.05) is 42.5 Å². The number of anilines is 1. The second kappa shape index (κ2) is 6.36. The van der Waals surface area contributed by atoms with E-state index in [9.17, 15) is 0 Å². The average molecular weight is 295 g/mol. The lowest BCUT2D eigenvalue weighted by molar-refractivity contribution is 0.173. The Bertz CT molecular complexity index is 782. The number of imidazole rings is 1. The van der Waals surface area contributed by atoms with Crippen LogP contribution in [0.15, 0.2) is 49.1 Å². The third-order valence-corrected chi connectivity index (χ3v) is 3.32. The molecule has 0 radical (unpaired) electrons. The van der Waals surface area contributed by atoms with E-state index >= 15 is 0 Å². The summed E-state index contributed by atoms with van der Waals surface area (Å²) in [6, 6.07) is 10.1. The summed E-state index contributed by atoms with van der Waals surface area (Å²) in [4.78, 5) is 18.3. The van der Waals surface area contributed by atoms with Crippen molar-refractivity contribution in [2.24, 2.45) is 7.05 Å². The summed E-state index contributed by atoms with van der Waals surface area (Å²) in [6.07, 6.45) is 7.31. The summed E-state index contributed by atoms with van der Waals surface area (Å²) >= 11 is 0. The second-order valence-corrected chi connectivity index (χ2v) is 4.78. The number of aromatic nitrogens is 4. The Hall–Kier alpha value is -2.73. The molecule has 0 aliphatic carbocycles. The molecule has 1 aromatic carbocycles. The van der Waals surface area contributed by atoms with E-state index in [4.69, 9.17) is 4.84 Å². The summed E-state index contributed by atoms with van der Waals surface area (Å²) in [6.45, 7) is 0.564. The Morgan fingerprint density at radius 1 is 1.18 bits per heavy atom. The first-order valence-corrected chi connectivity index (χ1v) is 6.95. The molecule has 0 saturated carbocycles. The smallest absolute Gasteiger partial charge is 0.184 e. The highest BCUT2D eigenvalue weighted by atomic mass is 16.7. The largest absolute Gasteiger partial charge is 0.318 e. The first kappa shape index (κ1) is 14.2. The maximum Gasteiger partial charge on any atom is 0.184 e. The molecule has 0 bridgehead atoms. The van der Waals surface area contributed by atoms with Gasteiger partial charge in [0.25, 0.3) is 0 Å². The number of benzene rings is 1. The van der Waals surface area contributed by atoms with Gasteiger partial charge in [0.1, 0.15) is 6.33 Å². The predicted octanol–water partition coefficient (Wildman–Crippen LogP) is 2.44. The number of hydrogen-bond donors (Lipinski definition) is 0. The maximum atomic E-state index is 5.43. The lowest BCUT2D eigenvalue weighted by atomic mass is 10.2. The number of hydrogen-bond acceptors (Lipinski definition) is 5. The molecule has 0 aliphatic rings. The zero-order valence-corrected chi connectivity index (χ0v) is 12.5. The first-order valence-electron chi connectivity index (χ1n) is 6.95. The molecule has 2 aromatic heterocycles. The molecular weight excluding hydrogens is 278 g/mol. The molecule has 2 heterocycles. The lowest BCUT2D eigenvalue weighted by Crippen LogP contribution is -2.23. The quantitative estimate of drug-likeness (QED) is 0.677. The molecule has 0 amide bonds. The van der Waals surface area contributed by atoms with E-state index in [-0.39, 0.29) is 0 Å². The zero-order valence-electron chi connectivity index (χ0n) is 12.5. The standard InChI is InChI=1S/C16H17N5O/c1-20-12-19-14-15(20)17-11-18-16(14)21(22-2)10-6-9-13-7-4-3-5-8-13/h3-9,11-12H,10H2,1-2H3/b9-6+. The van der Waals surface area contributed by atoms with Crippen LogP contribution in [0.4, 0.5) is 5.82 Å². The molecule has 0 aliphatic heterocycles. The molecule has 0 atom stereocenters. The molecule has 0 saturated heterocycles. The van der Waals surface area contributed by atoms with E-state index in [2.05, 4.69) is 27.1 Å². The van der Waals surface area contributed by atoms with Crippen molar-refractivity contribution >= 4 is 23.1 Å². The van der Waals surface area contributed by atoms with Gasteiger partial charge >= 0.3 is 0 Å². The normalized spacial score (nSPS) is 11.4. The number of aryl methyl sites for hydroxylation is 1. The Morgan fingerprint density at radius 3 is 2.77 bits per heavy atom. The summed E-state index contributed by atoms with van der Waals surface area (Å²) in [7, 11) is 3.52. The molecule has 0 fully saturated rings. The van der Waals surface area contributed by atoms with Gasteiger partial charge in [0.05, 0.1) is 20.0 Å². The van der Waals surface area contributed by atoms with Gasteiger partial charge < -0.3 is 4.57 Å². The Labute approximate surface area is 128 Å². The summed E-state index contributed by atoms with van der Waals surface area (Å²) < 4.78 is 1.86. The number of rotatable bonds is 5. The number of hydroxylamine groups is 1. The van der Waals surface area contributed by atoms with Gasteiger partial charge in [-0.2, -0.15) is 0 Å². The monoisotopic (exact) mass is 295 g/mol. The topological polar surface area (TPSA) is 56.1 Å². The van der Waals surface area contributed by atoms with Gasteiger partial charge in [0.15, 0.2) is 17.0 Å². The second-order valence-electron chi connectivity index (χ2n) is 4.78. The molecule has 6 nitrogen and oxygen atoms in total. The van der Waals surface area contributed by atoms with Crippen molar-refractivity contribution < 1.29 is 4.84 Å². The van der Waals surface area contributed by atoms with Crippen LogP contribution < -0.4 is 5.06 Å². The van der Waals surface area contributed by atoms with Crippen molar-refractivity contribution in [3.8, 4) is 0 Å². The SMILES string of the molecule is CON(C/C=C/c1ccccc1)c1ncnc2c1ncn2C. The molecule has 3 rings (SSSR count). The number of nitrogens with zero attached hydrogens (tertiary/aromatic N) is 5. The number of fused-ring (bicyclic) bond motifs is 1. The van der Waals surface area contributed by atoms with Crippen LogP contribution in [-0.2, 0) is 11.9 Å². The van der Waals surface area contributed by atoms with Crippen molar-refractivity contribution in [1.29, 1.82) is 0 Å². The van der Waals surface area contributed by atoms with E-state index in [1.165, 1.54) is 6.33 Å². The van der Waals surface area contributed by atoms with Gasteiger partial charge in [-0.05, 0) is 5.56 Å². The Kier molecular flexibility index (Phi) is 4.11. The van der Waals surface area contributed by atoms with Crippen molar-refractivity contribution in [2.75, 3.05) is 18.7 Å². The minimum atomic E-state index is 0.564. The van der Waals surface area contributed by atoms with Crippen LogP contribution in [0.5, 0.6) is 0 Å². The molecule has 0 N–H and O–H groups in total. The molecule has 112 valence electrons. The van der Waals surface area contributed by atoms with E-state index in [1.807, 2.05) is 42.0 Å². The molecule has 3 aromatic rings. The van der Waals surface area contributed by atoms with Crippen LogP contribution in [-0.4, -0.2) is 33.2 Å². The molecular formula is C16H17N5O. The van der Waals surface area contributed by atoms with Gasteiger partial charge in [-0.15, -0.1) is 0 Å². The van der Waals surface area contributed by atoms with Crippen LogP contribution in [0.3, 0.4) is 0 Å². The van der Waals surface area contributed by atoms with Crippen LogP contribution in [0.25, 0.3) is 17.2 Å². The van der Waals surface area contributed by atoms with Crippen LogP contribution >= 0.6 is 0 Å². The third kappa shape index (κ3) is 2.82. The predicted molar refractivity (Wildman–Crippen MR) is 86.1 cm³/mol. The highest BCUT2D eigenvalue weighted by Crippen LogP contribution is 2.20. The van der Waals surface area contributed by atoms with Crippen molar-refractivity contribution in [3.63, 3.8) is 0 Å². The van der Waals surface area contributed by atoms with Gasteiger partial charge in [-0.25, -0.2) is 20.0 Å². The van der Waals surface area contributed by atoms with Crippen LogP contribution in [0.1, 0.15) is 5.56 Å².